The third kappa shape index (κ3) is 2.80. The molecule has 0 radical (unpaired) electrons. The van der Waals surface area contributed by atoms with Gasteiger partial charge in [0.2, 0.25) is 0 Å². The average molecular weight is 284 g/mol. The standard InChI is InChI=1S/C16H16N2OS/c1-20-11-14-6-5-13(19-14)9-18-16-4-2-3-12-7-8-17-10-15(12)16/h2-8,10,18H,9,11H2,1H3. The highest BCUT2D eigenvalue weighted by atomic mass is 32.2. The zero-order valence-corrected chi connectivity index (χ0v) is 12.1. The summed E-state index contributed by atoms with van der Waals surface area (Å²) >= 11 is 1.76. The van der Waals surface area contributed by atoms with E-state index in [2.05, 4.69) is 28.7 Å². The molecule has 3 nitrogen and oxygen atoms in total. The van der Waals surface area contributed by atoms with Gasteiger partial charge in [0, 0.05) is 23.5 Å². The number of pyridine rings is 1. The molecular weight excluding hydrogens is 268 g/mol. The van der Waals surface area contributed by atoms with E-state index in [1.165, 1.54) is 5.39 Å². The van der Waals surface area contributed by atoms with Crippen molar-refractivity contribution in [1.82, 2.24) is 4.98 Å². The molecule has 0 amide bonds. The fraction of sp³-hybridized carbons (Fsp3) is 0.188. The van der Waals surface area contributed by atoms with Gasteiger partial charge in [-0.25, -0.2) is 0 Å². The van der Waals surface area contributed by atoms with Crippen LogP contribution in [-0.4, -0.2) is 11.2 Å². The van der Waals surface area contributed by atoms with Gasteiger partial charge in [-0.3, -0.25) is 4.98 Å². The maximum Gasteiger partial charge on any atom is 0.123 e. The Morgan fingerprint density at radius 3 is 2.95 bits per heavy atom. The first-order valence-electron chi connectivity index (χ1n) is 6.50. The van der Waals surface area contributed by atoms with Gasteiger partial charge in [-0.1, -0.05) is 12.1 Å². The Kier molecular flexibility index (Phi) is 3.92. The highest BCUT2D eigenvalue weighted by Gasteiger charge is 2.04. The first-order valence-corrected chi connectivity index (χ1v) is 7.89. The molecular formula is C16H16N2OS. The fourth-order valence-corrected chi connectivity index (χ4v) is 2.63. The molecule has 4 heteroatoms. The van der Waals surface area contributed by atoms with E-state index >= 15 is 0 Å². The average Bonchev–Trinajstić information content (AvgIpc) is 2.93. The second-order valence-electron chi connectivity index (χ2n) is 4.56. The number of nitrogens with one attached hydrogen (secondary N) is 1. The lowest BCUT2D eigenvalue weighted by Gasteiger charge is -2.08. The Bertz CT molecular complexity index is 703. The van der Waals surface area contributed by atoms with Crippen LogP contribution in [0, 0.1) is 0 Å². The van der Waals surface area contributed by atoms with E-state index in [9.17, 15) is 0 Å². The van der Waals surface area contributed by atoms with E-state index in [0.29, 0.717) is 6.54 Å². The summed E-state index contributed by atoms with van der Waals surface area (Å²) in [7, 11) is 0. The molecule has 1 aromatic carbocycles. The minimum atomic E-state index is 0.683. The molecule has 2 heterocycles. The lowest BCUT2D eigenvalue weighted by molar-refractivity contribution is 0.487. The van der Waals surface area contributed by atoms with Crippen LogP contribution in [0.2, 0.25) is 0 Å². The molecule has 102 valence electrons. The largest absolute Gasteiger partial charge is 0.463 e. The van der Waals surface area contributed by atoms with Crippen molar-refractivity contribution >= 4 is 28.2 Å². The lowest BCUT2D eigenvalue weighted by atomic mass is 10.1. The van der Waals surface area contributed by atoms with Crippen LogP contribution in [0.25, 0.3) is 10.8 Å². The van der Waals surface area contributed by atoms with E-state index < -0.39 is 0 Å². The van der Waals surface area contributed by atoms with Gasteiger partial charge >= 0.3 is 0 Å². The minimum Gasteiger partial charge on any atom is -0.463 e. The second kappa shape index (κ2) is 6.01. The first-order chi connectivity index (χ1) is 9.86. The van der Waals surface area contributed by atoms with Crippen molar-refractivity contribution in [2.75, 3.05) is 11.6 Å². The van der Waals surface area contributed by atoms with Gasteiger partial charge in [0.15, 0.2) is 0 Å². The van der Waals surface area contributed by atoms with Gasteiger partial charge in [-0.2, -0.15) is 11.8 Å². The SMILES string of the molecule is CSCc1ccc(CNc2cccc3ccncc23)o1. The Balaban J connectivity index is 1.76. The van der Waals surface area contributed by atoms with Crippen molar-refractivity contribution < 1.29 is 4.42 Å². The first kappa shape index (κ1) is 13.1. The van der Waals surface area contributed by atoms with Crippen molar-refractivity contribution in [3.8, 4) is 0 Å². The third-order valence-corrected chi connectivity index (χ3v) is 3.71. The van der Waals surface area contributed by atoms with Crippen LogP contribution >= 0.6 is 11.8 Å². The molecule has 0 unspecified atom stereocenters. The normalized spacial score (nSPS) is 10.8. The lowest BCUT2D eigenvalue weighted by Crippen LogP contribution is -1.98. The fourth-order valence-electron chi connectivity index (χ4n) is 2.19. The van der Waals surface area contributed by atoms with E-state index in [-0.39, 0.29) is 0 Å². The van der Waals surface area contributed by atoms with Crippen molar-refractivity contribution in [3.63, 3.8) is 0 Å². The van der Waals surface area contributed by atoms with Crippen LogP contribution in [0.1, 0.15) is 11.5 Å². The van der Waals surface area contributed by atoms with Crippen LogP contribution < -0.4 is 5.32 Å². The molecule has 20 heavy (non-hydrogen) atoms. The molecule has 1 N–H and O–H groups in total. The summed E-state index contributed by atoms with van der Waals surface area (Å²) in [4.78, 5) is 4.19. The number of thioether (sulfide) groups is 1. The monoisotopic (exact) mass is 284 g/mol. The molecule has 0 atom stereocenters. The van der Waals surface area contributed by atoms with Gasteiger partial charge in [0.25, 0.3) is 0 Å². The Morgan fingerprint density at radius 1 is 1.15 bits per heavy atom. The summed E-state index contributed by atoms with van der Waals surface area (Å²) in [5, 5.41) is 5.74. The zero-order valence-electron chi connectivity index (χ0n) is 11.3. The van der Waals surface area contributed by atoms with E-state index in [4.69, 9.17) is 4.42 Å². The van der Waals surface area contributed by atoms with Crippen LogP contribution in [-0.2, 0) is 12.3 Å². The Morgan fingerprint density at radius 2 is 2.05 bits per heavy atom. The summed E-state index contributed by atoms with van der Waals surface area (Å²) in [6.07, 6.45) is 5.77. The van der Waals surface area contributed by atoms with E-state index in [0.717, 1.165) is 28.3 Å². The number of furan rings is 1. The van der Waals surface area contributed by atoms with Crippen LogP contribution in [0.5, 0.6) is 0 Å². The van der Waals surface area contributed by atoms with E-state index in [1.54, 1.807) is 11.8 Å². The number of fused-ring (bicyclic) bond motifs is 1. The van der Waals surface area contributed by atoms with Crippen LogP contribution in [0.3, 0.4) is 0 Å². The van der Waals surface area contributed by atoms with Gasteiger partial charge in [0.1, 0.15) is 11.5 Å². The van der Waals surface area contributed by atoms with Gasteiger partial charge in [-0.05, 0) is 35.9 Å². The zero-order chi connectivity index (χ0) is 13.8. The number of hydrogen-bond acceptors (Lipinski definition) is 4. The molecule has 0 saturated carbocycles. The van der Waals surface area contributed by atoms with Crippen molar-refractivity contribution in [3.05, 3.63) is 60.3 Å². The highest BCUT2D eigenvalue weighted by molar-refractivity contribution is 7.97. The van der Waals surface area contributed by atoms with Gasteiger partial charge in [-0.15, -0.1) is 0 Å². The van der Waals surface area contributed by atoms with Crippen molar-refractivity contribution in [2.45, 2.75) is 12.3 Å². The molecule has 0 spiro atoms. The number of hydrogen-bond donors (Lipinski definition) is 1. The molecule has 0 aliphatic carbocycles. The maximum atomic E-state index is 5.76. The van der Waals surface area contributed by atoms with Gasteiger partial charge in [0.05, 0.1) is 12.3 Å². The van der Waals surface area contributed by atoms with Gasteiger partial charge < -0.3 is 9.73 Å². The van der Waals surface area contributed by atoms with Crippen LogP contribution in [0.4, 0.5) is 5.69 Å². The van der Waals surface area contributed by atoms with Crippen LogP contribution in [0.15, 0.2) is 53.2 Å². The summed E-state index contributed by atoms with van der Waals surface area (Å²) < 4.78 is 5.76. The number of rotatable bonds is 5. The second-order valence-corrected chi connectivity index (χ2v) is 5.42. The summed E-state index contributed by atoms with van der Waals surface area (Å²) in [5.74, 6) is 2.89. The highest BCUT2D eigenvalue weighted by Crippen LogP contribution is 2.23. The Labute approximate surface area is 122 Å². The maximum absolute atomic E-state index is 5.76. The smallest absolute Gasteiger partial charge is 0.123 e. The van der Waals surface area contributed by atoms with Crippen molar-refractivity contribution in [1.29, 1.82) is 0 Å². The number of aromatic nitrogens is 1. The quantitative estimate of drug-likeness (QED) is 0.758. The summed E-state index contributed by atoms with van der Waals surface area (Å²) in [6, 6.07) is 12.3. The molecule has 3 aromatic rings. The predicted octanol–water partition coefficient (Wildman–Crippen LogP) is 4.30. The molecule has 0 fully saturated rings. The van der Waals surface area contributed by atoms with Crippen molar-refractivity contribution in [2.24, 2.45) is 0 Å². The topological polar surface area (TPSA) is 38.1 Å². The molecule has 0 bridgehead atoms. The molecule has 2 aromatic heterocycles. The molecule has 0 aliphatic heterocycles. The number of anilines is 1. The number of nitrogens with zero attached hydrogens (tertiary/aromatic N) is 1. The minimum absolute atomic E-state index is 0.683. The van der Waals surface area contributed by atoms with E-state index in [1.807, 2.05) is 36.7 Å². The third-order valence-electron chi connectivity index (χ3n) is 3.14. The molecule has 0 saturated heterocycles. The summed E-state index contributed by atoms with van der Waals surface area (Å²) in [6.45, 7) is 0.683. The number of benzene rings is 1. The molecule has 0 aliphatic rings. The molecule has 3 rings (SSSR count). The predicted molar refractivity (Wildman–Crippen MR) is 85.0 cm³/mol. The summed E-state index contributed by atoms with van der Waals surface area (Å²) in [5.41, 5.74) is 1.08. The Hall–Kier alpha value is -1.94.